The lowest BCUT2D eigenvalue weighted by Crippen LogP contribution is -2.33. The summed E-state index contributed by atoms with van der Waals surface area (Å²) in [6.45, 7) is 3.02. The normalized spacial score (nSPS) is 9.67. The molecule has 0 aliphatic heterocycles. The van der Waals surface area contributed by atoms with E-state index in [1.165, 1.54) is 0 Å². The lowest BCUT2D eigenvalue weighted by atomic mass is 10.2. The summed E-state index contributed by atoms with van der Waals surface area (Å²) in [7, 11) is 0. The summed E-state index contributed by atoms with van der Waals surface area (Å²) < 4.78 is 0. The molecular formula is C10H16N4O. The summed E-state index contributed by atoms with van der Waals surface area (Å²) in [5.74, 6) is 0. The molecule has 6 N–H and O–H groups in total. The molecule has 82 valence electrons. The number of anilines is 2. The van der Waals surface area contributed by atoms with Gasteiger partial charge in [0.05, 0.1) is 11.4 Å². The fourth-order valence-electron chi connectivity index (χ4n) is 1.22. The van der Waals surface area contributed by atoms with Crippen LogP contribution in [-0.2, 0) is 0 Å². The summed E-state index contributed by atoms with van der Waals surface area (Å²) in [6.07, 6.45) is 0. The number of hydrogen-bond acceptors (Lipinski definition) is 3. The van der Waals surface area contributed by atoms with Gasteiger partial charge >= 0.3 is 6.03 Å². The van der Waals surface area contributed by atoms with Crippen molar-refractivity contribution in [2.24, 2.45) is 5.73 Å². The number of nitrogen functional groups attached to an aromatic ring is 1. The first-order valence-electron chi connectivity index (χ1n) is 4.73. The molecule has 0 bridgehead atoms. The first-order valence-corrected chi connectivity index (χ1v) is 4.73. The van der Waals surface area contributed by atoms with Crippen LogP contribution in [0.4, 0.5) is 16.2 Å². The predicted molar refractivity (Wildman–Crippen MR) is 61.7 cm³/mol. The van der Waals surface area contributed by atoms with Crippen LogP contribution in [0.25, 0.3) is 0 Å². The summed E-state index contributed by atoms with van der Waals surface area (Å²) in [4.78, 5) is 10.4. The molecule has 1 rings (SSSR count). The van der Waals surface area contributed by atoms with Crippen molar-refractivity contribution >= 4 is 17.4 Å². The second-order valence-corrected chi connectivity index (χ2v) is 3.25. The van der Waals surface area contributed by atoms with Crippen molar-refractivity contribution in [3.05, 3.63) is 23.8 Å². The quantitative estimate of drug-likeness (QED) is 0.432. The van der Waals surface area contributed by atoms with Gasteiger partial charge < -0.3 is 22.1 Å². The lowest BCUT2D eigenvalue weighted by molar-refractivity contribution is 0.249. The minimum Gasteiger partial charge on any atom is -0.397 e. The fourth-order valence-corrected chi connectivity index (χ4v) is 1.22. The van der Waals surface area contributed by atoms with Gasteiger partial charge in [0.25, 0.3) is 0 Å². The van der Waals surface area contributed by atoms with Crippen LogP contribution in [0.1, 0.15) is 5.56 Å². The van der Waals surface area contributed by atoms with Gasteiger partial charge in [-0.25, -0.2) is 4.79 Å². The van der Waals surface area contributed by atoms with Crippen molar-refractivity contribution in [2.75, 3.05) is 24.1 Å². The SMILES string of the molecule is Cc1cccc(NCCNC(N)=O)c1N. The number of para-hydroxylation sites is 1. The number of carbonyl (C=O) groups is 1. The Labute approximate surface area is 88.8 Å². The molecule has 0 spiro atoms. The molecule has 0 atom stereocenters. The highest BCUT2D eigenvalue weighted by molar-refractivity contribution is 5.72. The third-order valence-electron chi connectivity index (χ3n) is 2.06. The number of primary amides is 1. The molecule has 2 amide bonds. The molecule has 0 heterocycles. The van der Waals surface area contributed by atoms with Gasteiger partial charge in [-0.3, -0.25) is 0 Å². The largest absolute Gasteiger partial charge is 0.397 e. The van der Waals surface area contributed by atoms with E-state index in [-0.39, 0.29) is 0 Å². The van der Waals surface area contributed by atoms with Crippen LogP contribution in [0.3, 0.4) is 0 Å². The molecule has 0 saturated carbocycles. The van der Waals surface area contributed by atoms with Crippen molar-refractivity contribution in [3.8, 4) is 0 Å². The molecule has 0 aliphatic rings. The molecular weight excluding hydrogens is 192 g/mol. The number of rotatable bonds is 4. The second kappa shape index (κ2) is 5.09. The summed E-state index contributed by atoms with van der Waals surface area (Å²) in [5, 5.41) is 5.60. The molecule has 5 nitrogen and oxygen atoms in total. The van der Waals surface area contributed by atoms with Crippen LogP contribution in [0, 0.1) is 6.92 Å². The Balaban J connectivity index is 2.44. The molecule has 5 heteroatoms. The van der Waals surface area contributed by atoms with Crippen molar-refractivity contribution in [3.63, 3.8) is 0 Å². The second-order valence-electron chi connectivity index (χ2n) is 3.25. The monoisotopic (exact) mass is 208 g/mol. The number of hydrogen-bond donors (Lipinski definition) is 4. The maximum Gasteiger partial charge on any atom is 0.312 e. The number of carbonyl (C=O) groups excluding carboxylic acids is 1. The van der Waals surface area contributed by atoms with E-state index >= 15 is 0 Å². The smallest absolute Gasteiger partial charge is 0.312 e. The summed E-state index contributed by atoms with van der Waals surface area (Å²) in [6, 6.07) is 5.25. The Kier molecular flexibility index (Phi) is 3.79. The van der Waals surface area contributed by atoms with E-state index in [0.29, 0.717) is 13.1 Å². The predicted octanol–water partition coefficient (Wildman–Crippen LogP) is 0.657. The van der Waals surface area contributed by atoms with Crippen LogP contribution in [0.5, 0.6) is 0 Å². The number of aryl methyl sites for hydroxylation is 1. The zero-order valence-electron chi connectivity index (χ0n) is 8.71. The summed E-state index contributed by atoms with van der Waals surface area (Å²) in [5.41, 5.74) is 13.4. The Morgan fingerprint density at radius 3 is 2.80 bits per heavy atom. The van der Waals surface area contributed by atoms with E-state index in [4.69, 9.17) is 11.5 Å². The standard InChI is InChI=1S/C10H16N4O/c1-7-3-2-4-8(9(7)11)13-5-6-14-10(12)15/h2-4,13H,5-6,11H2,1H3,(H3,12,14,15). The fraction of sp³-hybridized carbons (Fsp3) is 0.300. The van der Waals surface area contributed by atoms with E-state index in [1.807, 2.05) is 25.1 Å². The van der Waals surface area contributed by atoms with Gasteiger partial charge in [-0.1, -0.05) is 12.1 Å². The zero-order valence-corrected chi connectivity index (χ0v) is 8.71. The number of nitrogens with two attached hydrogens (primary N) is 2. The zero-order chi connectivity index (χ0) is 11.3. The molecule has 1 aromatic rings. The van der Waals surface area contributed by atoms with Crippen molar-refractivity contribution in [1.82, 2.24) is 5.32 Å². The first kappa shape index (κ1) is 11.2. The van der Waals surface area contributed by atoms with Crippen molar-refractivity contribution in [2.45, 2.75) is 6.92 Å². The molecule has 0 fully saturated rings. The van der Waals surface area contributed by atoms with Crippen LogP contribution in [0.15, 0.2) is 18.2 Å². The molecule has 1 aromatic carbocycles. The summed E-state index contributed by atoms with van der Waals surface area (Å²) >= 11 is 0. The first-order chi connectivity index (χ1) is 7.11. The Bertz CT molecular complexity index is 351. The maximum absolute atomic E-state index is 10.4. The van der Waals surface area contributed by atoms with Gasteiger partial charge in [-0.15, -0.1) is 0 Å². The van der Waals surface area contributed by atoms with E-state index < -0.39 is 6.03 Å². The van der Waals surface area contributed by atoms with Crippen molar-refractivity contribution in [1.29, 1.82) is 0 Å². The minimum absolute atomic E-state index is 0.475. The molecule has 0 saturated heterocycles. The Morgan fingerprint density at radius 2 is 2.13 bits per heavy atom. The molecule has 0 unspecified atom stereocenters. The van der Waals surface area contributed by atoms with Gasteiger partial charge in [-0.05, 0) is 18.6 Å². The highest BCUT2D eigenvalue weighted by atomic mass is 16.2. The van der Waals surface area contributed by atoms with Crippen LogP contribution >= 0.6 is 0 Å². The number of nitrogens with one attached hydrogen (secondary N) is 2. The molecule has 0 radical (unpaired) electrons. The van der Waals surface area contributed by atoms with E-state index in [2.05, 4.69) is 10.6 Å². The van der Waals surface area contributed by atoms with Crippen molar-refractivity contribution < 1.29 is 4.79 Å². The van der Waals surface area contributed by atoms with E-state index in [9.17, 15) is 4.79 Å². The number of benzene rings is 1. The van der Waals surface area contributed by atoms with E-state index in [1.54, 1.807) is 0 Å². The number of amides is 2. The van der Waals surface area contributed by atoms with Crippen LogP contribution in [-0.4, -0.2) is 19.1 Å². The average molecular weight is 208 g/mol. The Hall–Kier alpha value is -1.91. The molecule has 0 aliphatic carbocycles. The average Bonchev–Trinajstić information content (AvgIpc) is 2.18. The van der Waals surface area contributed by atoms with Crippen LogP contribution < -0.4 is 22.1 Å². The molecule has 0 aromatic heterocycles. The highest BCUT2D eigenvalue weighted by Crippen LogP contribution is 2.21. The van der Waals surface area contributed by atoms with Gasteiger partial charge in [0.1, 0.15) is 0 Å². The third-order valence-corrected chi connectivity index (χ3v) is 2.06. The lowest BCUT2D eigenvalue weighted by Gasteiger charge is -2.10. The van der Waals surface area contributed by atoms with Gasteiger partial charge in [0.15, 0.2) is 0 Å². The third kappa shape index (κ3) is 3.38. The topological polar surface area (TPSA) is 93.2 Å². The molecule has 15 heavy (non-hydrogen) atoms. The minimum atomic E-state index is -0.519. The van der Waals surface area contributed by atoms with Crippen LogP contribution in [0.2, 0.25) is 0 Å². The highest BCUT2D eigenvalue weighted by Gasteiger charge is 1.99. The van der Waals surface area contributed by atoms with Gasteiger partial charge in [-0.2, -0.15) is 0 Å². The maximum atomic E-state index is 10.4. The van der Waals surface area contributed by atoms with Gasteiger partial charge in [0.2, 0.25) is 0 Å². The van der Waals surface area contributed by atoms with E-state index in [0.717, 1.165) is 16.9 Å². The van der Waals surface area contributed by atoms with Gasteiger partial charge in [0, 0.05) is 13.1 Å². The Morgan fingerprint density at radius 1 is 1.40 bits per heavy atom. The number of urea groups is 1.